The third-order valence-electron chi connectivity index (χ3n) is 6.58. The number of benzene rings is 1. The monoisotopic (exact) mass is 463 g/mol. The van der Waals surface area contributed by atoms with E-state index in [-0.39, 0.29) is 29.6 Å². The molecule has 1 fully saturated rings. The molecule has 0 spiro atoms. The lowest BCUT2D eigenvalue weighted by molar-refractivity contribution is -0.120. The minimum absolute atomic E-state index is 0.107. The first-order valence-electron chi connectivity index (χ1n) is 11.5. The summed E-state index contributed by atoms with van der Waals surface area (Å²) in [4.78, 5) is 24.5. The van der Waals surface area contributed by atoms with Crippen LogP contribution in [-0.2, 0) is 21.1 Å². The summed E-state index contributed by atoms with van der Waals surface area (Å²) < 4.78 is 28.0. The number of Topliss-reactive ketones (excluding diaryl/α,β-unsaturated/α-hetero) is 2. The van der Waals surface area contributed by atoms with E-state index in [1.807, 2.05) is 12.1 Å². The molecule has 2 N–H and O–H groups in total. The van der Waals surface area contributed by atoms with Gasteiger partial charge in [0.2, 0.25) is 0 Å². The van der Waals surface area contributed by atoms with E-state index in [1.54, 1.807) is 6.07 Å². The molecule has 1 aromatic rings. The van der Waals surface area contributed by atoms with Crippen LogP contribution < -0.4 is 9.97 Å². The molecule has 32 heavy (non-hydrogen) atoms. The highest BCUT2D eigenvalue weighted by Gasteiger charge is 2.37. The predicted octanol–water partition coefficient (Wildman–Crippen LogP) is 2.61. The van der Waals surface area contributed by atoms with Crippen LogP contribution in [0.5, 0.6) is 5.75 Å². The molecule has 0 bridgehead atoms. The number of nitrogens with one attached hydrogen (secondary N) is 1. The van der Waals surface area contributed by atoms with Gasteiger partial charge in [-0.2, -0.15) is 0 Å². The third-order valence-corrected chi connectivity index (χ3v) is 7.61. The van der Waals surface area contributed by atoms with Gasteiger partial charge < -0.3 is 15.0 Å². The summed E-state index contributed by atoms with van der Waals surface area (Å²) in [5.74, 6) is 0.747. The topological polar surface area (TPSA) is 110 Å². The molecule has 1 aliphatic carbocycles. The number of carbonyl (C=O) groups excluding carboxylic acids is 2. The fourth-order valence-corrected chi connectivity index (χ4v) is 5.51. The minimum atomic E-state index is -2.91. The van der Waals surface area contributed by atoms with Gasteiger partial charge in [0, 0.05) is 31.0 Å². The van der Waals surface area contributed by atoms with Crippen LogP contribution in [0.1, 0.15) is 67.8 Å². The Kier molecular flexibility index (Phi) is 8.52. The molecule has 0 saturated heterocycles. The van der Waals surface area contributed by atoms with Crippen molar-refractivity contribution in [2.24, 2.45) is 5.92 Å². The highest BCUT2D eigenvalue weighted by molar-refractivity contribution is 7.90. The molecule has 1 aromatic carbocycles. The molecule has 9 heteroatoms. The van der Waals surface area contributed by atoms with Crippen molar-refractivity contribution in [1.82, 2.24) is 5.32 Å². The number of sulfone groups is 1. The zero-order chi connectivity index (χ0) is 23.3. The van der Waals surface area contributed by atoms with E-state index in [0.29, 0.717) is 49.1 Å². The van der Waals surface area contributed by atoms with Gasteiger partial charge in [-0.25, -0.2) is 8.42 Å². The standard InChI is InChI=1S/C23H34BNO6S/c1-16(26)22-6-3-5-18-14-19(24(28)31-23(18)22)15-21(27)13-17-7-9-20(10-8-17)25-11-4-12-32(2,29)30/h3,5-6,17,19-20,25,28H,4,7-15H2,1-2H3/t17?,19-,20?/m1/s1. The van der Waals surface area contributed by atoms with Crippen molar-refractivity contribution in [2.45, 2.75) is 70.1 Å². The largest absolute Gasteiger partial charge is 0.535 e. The summed E-state index contributed by atoms with van der Waals surface area (Å²) in [6.45, 7) is 2.18. The van der Waals surface area contributed by atoms with Crippen LogP contribution in [0, 0.1) is 5.92 Å². The molecule has 1 heterocycles. The molecule has 1 atom stereocenters. The smallest absolute Gasteiger partial charge is 0.526 e. The first kappa shape index (κ1) is 24.9. The molecule has 3 rings (SSSR count). The first-order valence-corrected chi connectivity index (χ1v) is 13.6. The van der Waals surface area contributed by atoms with Crippen LogP contribution in [0.4, 0.5) is 0 Å². The maximum atomic E-state index is 12.7. The highest BCUT2D eigenvalue weighted by atomic mass is 32.2. The lowest BCUT2D eigenvalue weighted by Gasteiger charge is -2.30. The summed E-state index contributed by atoms with van der Waals surface area (Å²) in [7, 11) is -3.99. The van der Waals surface area contributed by atoms with Gasteiger partial charge in [-0.1, -0.05) is 12.1 Å². The van der Waals surface area contributed by atoms with E-state index < -0.39 is 17.0 Å². The Bertz CT molecular complexity index is 926. The van der Waals surface area contributed by atoms with Crippen molar-refractivity contribution in [3.8, 4) is 5.75 Å². The Labute approximate surface area is 191 Å². The normalized spacial score (nSPS) is 23.3. The fourth-order valence-electron chi connectivity index (χ4n) is 4.84. The summed E-state index contributed by atoms with van der Waals surface area (Å²) in [6, 6.07) is 5.77. The molecule has 176 valence electrons. The third kappa shape index (κ3) is 7.15. The number of fused-ring (bicyclic) bond motifs is 1. The van der Waals surface area contributed by atoms with Crippen LogP contribution in [0.25, 0.3) is 0 Å². The average molecular weight is 463 g/mol. The van der Waals surface area contributed by atoms with Crippen molar-refractivity contribution in [3.63, 3.8) is 0 Å². The quantitative estimate of drug-likeness (QED) is 0.312. The van der Waals surface area contributed by atoms with Crippen molar-refractivity contribution >= 4 is 28.5 Å². The van der Waals surface area contributed by atoms with Crippen LogP contribution in [0.3, 0.4) is 0 Å². The Morgan fingerprint density at radius 2 is 1.91 bits per heavy atom. The summed E-state index contributed by atoms with van der Waals surface area (Å²) in [6.07, 6.45) is 7.14. The number of rotatable bonds is 10. The van der Waals surface area contributed by atoms with Gasteiger partial charge in [-0.3, -0.25) is 9.59 Å². The van der Waals surface area contributed by atoms with E-state index in [2.05, 4.69) is 5.32 Å². The van der Waals surface area contributed by atoms with Crippen molar-refractivity contribution in [3.05, 3.63) is 29.3 Å². The molecular formula is C23H34BNO6S. The Morgan fingerprint density at radius 1 is 1.19 bits per heavy atom. The fraction of sp³-hybridized carbons (Fsp3) is 0.652. The average Bonchev–Trinajstić information content (AvgIpc) is 2.71. The molecule has 1 saturated carbocycles. The molecule has 0 aromatic heterocycles. The molecule has 0 radical (unpaired) electrons. The predicted molar refractivity (Wildman–Crippen MR) is 125 cm³/mol. The SMILES string of the molecule is CC(=O)c1cccc2c1OB(O)[C@@H](CC(=O)CC1CCC(NCCCS(C)(=O)=O)CC1)C2. The van der Waals surface area contributed by atoms with Gasteiger partial charge in [0.1, 0.15) is 21.4 Å². The van der Waals surface area contributed by atoms with Crippen LogP contribution in [0.15, 0.2) is 18.2 Å². The zero-order valence-electron chi connectivity index (χ0n) is 19.0. The summed E-state index contributed by atoms with van der Waals surface area (Å²) >= 11 is 0. The van der Waals surface area contributed by atoms with E-state index >= 15 is 0 Å². The second-order valence-electron chi connectivity index (χ2n) is 9.42. The molecule has 2 aliphatic rings. The van der Waals surface area contributed by atoms with Gasteiger partial charge in [0.05, 0.1) is 11.3 Å². The van der Waals surface area contributed by atoms with Gasteiger partial charge in [0.25, 0.3) is 0 Å². The number of hydrogen-bond acceptors (Lipinski definition) is 7. The lowest BCUT2D eigenvalue weighted by atomic mass is 9.64. The van der Waals surface area contributed by atoms with Crippen LogP contribution >= 0.6 is 0 Å². The minimum Gasteiger partial charge on any atom is -0.535 e. The molecular weight excluding hydrogens is 429 g/mol. The van der Waals surface area contributed by atoms with E-state index in [0.717, 1.165) is 31.2 Å². The van der Waals surface area contributed by atoms with Gasteiger partial charge in [0.15, 0.2) is 5.78 Å². The van der Waals surface area contributed by atoms with E-state index in [9.17, 15) is 23.0 Å². The Morgan fingerprint density at radius 3 is 2.56 bits per heavy atom. The van der Waals surface area contributed by atoms with E-state index in [4.69, 9.17) is 4.65 Å². The first-order chi connectivity index (χ1) is 15.1. The number of carbonyl (C=O) groups is 2. The van der Waals surface area contributed by atoms with E-state index in [1.165, 1.54) is 13.2 Å². The molecule has 1 aliphatic heterocycles. The number of ketones is 2. The molecule has 7 nitrogen and oxygen atoms in total. The Balaban J connectivity index is 1.42. The maximum Gasteiger partial charge on any atom is 0.526 e. The number of para-hydroxylation sites is 1. The van der Waals surface area contributed by atoms with Gasteiger partial charge in [-0.15, -0.1) is 0 Å². The highest BCUT2D eigenvalue weighted by Crippen LogP contribution is 2.37. The second kappa shape index (κ2) is 10.9. The van der Waals surface area contributed by atoms with Crippen LogP contribution in [-0.4, -0.2) is 56.7 Å². The number of hydrogen-bond donors (Lipinski definition) is 2. The van der Waals surface area contributed by atoms with Crippen LogP contribution in [0.2, 0.25) is 5.82 Å². The second-order valence-corrected chi connectivity index (χ2v) is 11.7. The zero-order valence-corrected chi connectivity index (χ0v) is 19.8. The van der Waals surface area contributed by atoms with Crippen molar-refractivity contribution < 1.29 is 27.7 Å². The molecule has 0 unspecified atom stereocenters. The maximum absolute atomic E-state index is 12.7. The van der Waals surface area contributed by atoms with Crippen molar-refractivity contribution in [1.29, 1.82) is 0 Å². The summed E-state index contributed by atoms with van der Waals surface area (Å²) in [5.41, 5.74) is 1.33. The lowest BCUT2D eigenvalue weighted by Crippen LogP contribution is -2.36. The summed E-state index contributed by atoms with van der Waals surface area (Å²) in [5, 5.41) is 13.9. The molecule has 0 amide bonds. The van der Waals surface area contributed by atoms with Gasteiger partial charge >= 0.3 is 7.12 Å². The Hall–Kier alpha value is -1.71. The van der Waals surface area contributed by atoms with Crippen molar-refractivity contribution in [2.75, 3.05) is 18.6 Å². The van der Waals surface area contributed by atoms with Gasteiger partial charge in [-0.05, 0) is 69.5 Å².